The second-order valence-electron chi connectivity index (χ2n) is 7.26. The monoisotopic (exact) mass is 382 g/mol. The number of rotatable bonds is 6. The molecular formula is C19H24F2N2O4. The Morgan fingerprint density at radius 2 is 2.15 bits per heavy atom. The molecule has 2 amide bonds. The van der Waals surface area contributed by atoms with Crippen LogP contribution in [0.25, 0.3) is 0 Å². The second-order valence-corrected chi connectivity index (χ2v) is 7.26. The molecule has 1 unspecified atom stereocenters. The number of halogens is 2. The molecule has 6 nitrogen and oxygen atoms in total. The number of para-hydroxylation sites is 1. The average Bonchev–Trinajstić information content (AvgIpc) is 3.18. The number of nitrogens with zero attached hydrogens (tertiary/aromatic N) is 1. The lowest BCUT2D eigenvalue weighted by molar-refractivity contribution is -0.149. The molecule has 0 aromatic heterocycles. The number of amides is 2. The number of nitrogens with one attached hydrogen (secondary N) is 1. The van der Waals surface area contributed by atoms with Crippen molar-refractivity contribution in [1.29, 1.82) is 0 Å². The summed E-state index contributed by atoms with van der Waals surface area (Å²) in [6.45, 7) is -0.525. The largest absolute Gasteiger partial charge is 0.481 e. The number of fused-ring (bicyclic) bond motifs is 1. The molecule has 3 rings (SSSR count). The summed E-state index contributed by atoms with van der Waals surface area (Å²) in [5.41, 5.74) is -0.378. The lowest BCUT2D eigenvalue weighted by Crippen LogP contribution is -2.42. The summed E-state index contributed by atoms with van der Waals surface area (Å²) in [5.74, 6) is -0.849. The van der Waals surface area contributed by atoms with E-state index >= 15 is 0 Å². The van der Waals surface area contributed by atoms with Crippen molar-refractivity contribution < 1.29 is 28.2 Å². The van der Waals surface area contributed by atoms with Crippen molar-refractivity contribution in [2.45, 2.75) is 45.3 Å². The van der Waals surface area contributed by atoms with Crippen molar-refractivity contribution in [3.05, 3.63) is 29.8 Å². The fourth-order valence-electron chi connectivity index (χ4n) is 4.41. The van der Waals surface area contributed by atoms with E-state index in [1.807, 2.05) is 6.92 Å². The van der Waals surface area contributed by atoms with Crippen LogP contribution in [0.4, 0.5) is 13.6 Å². The van der Waals surface area contributed by atoms with Gasteiger partial charge in [-0.05, 0) is 31.2 Å². The van der Waals surface area contributed by atoms with Crippen LogP contribution < -0.4 is 10.1 Å². The SMILES string of the molecule is CCC(NC(=O)N1C[C@@H]2CCC[C@@]2(C(=O)O)C1)c1ccccc1OC(F)F. The Balaban J connectivity index is 1.73. The van der Waals surface area contributed by atoms with E-state index in [0.29, 0.717) is 24.9 Å². The summed E-state index contributed by atoms with van der Waals surface area (Å²) < 4.78 is 29.9. The van der Waals surface area contributed by atoms with E-state index in [1.54, 1.807) is 18.2 Å². The number of aliphatic carboxylic acids is 1. The highest BCUT2D eigenvalue weighted by Gasteiger charge is 2.55. The first-order chi connectivity index (χ1) is 12.9. The predicted molar refractivity (Wildman–Crippen MR) is 93.6 cm³/mol. The maximum atomic E-state index is 12.8. The third-order valence-electron chi connectivity index (χ3n) is 5.80. The zero-order valence-electron chi connectivity index (χ0n) is 15.2. The zero-order chi connectivity index (χ0) is 19.6. The first-order valence-electron chi connectivity index (χ1n) is 9.20. The molecule has 27 heavy (non-hydrogen) atoms. The molecule has 1 saturated carbocycles. The topological polar surface area (TPSA) is 78.9 Å². The van der Waals surface area contributed by atoms with Crippen LogP contribution in [-0.4, -0.2) is 41.7 Å². The number of carbonyl (C=O) groups is 2. The Labute approximate surface area is 156 Å². The van der Waals surface area contributed by atoms with Crippen LogP contribution in [0.1, 0.15) is 44.2 Å². The molecule has 2 N–H and O–H groups in total. The number of likely N-dealkylation sites (tertiary alicyclic amines) is 1. The molecule has 1 saturated heterocycles. The first-order valence-corrected chi connectivity index (χ1v) is 9.20. The van der Waals surface area contributed by atoms with E-state index in [2.05, 4.69) is 10.1 Å². The van der Waals surface area contributed by atoms with Crippen molar-refractivity contribution in [2.75, 3.05) is 13.1 Å². The van der Waals surface area contributed by atoms with Crippen LogP contribution in [0.15, 0.2) is 24.3 Å². The van der Waals surface area contributed by atoms with Gasteiger partial charge in [0.1, 0.15) is 5.75 Å². The maximum Gasteiger partial charge on any atom is 0.387 e. The van der Waals surface area contributed by atoms with Gasteiger partial charge in [-0.3, -0.25) is 4.79 Å². The highest BCUT2D eigenvalue weighted by atomic mass is 19.3. The molecule has 1 aliphatic heterocycles. The number of hydrogen-bond acceptors (Lipinski definition) is 3. The molecule has 2 aliphatic rings. The number of carbonyl (C=O) groups excluding carboxylic acids is 1. The Hall–Kier alpha value is -2.38. The van der Waals surface area contributed by atoms with Gasteiger partial charge < -0.3 is 20.1 Å². The smallest absolute Gasteiger partial charge is 0.387 e. The van der Waals surface area contributed by atoms with Gasteiger partial charge >= 0.3 is 18.6 Å². The van der Waals surface area contributed by atoms with Crippen molar-refractivity contribution >= 4 is 12.0 Å². The van der Waals surface area contributed by atoms with Crippen molar-refractivity contribution in [3.8, 4) is 5.75 Å². The minimum Gasteiger partial charge on any atom is -0.481 e. The summed E-state index contributed by atoms with van der Waals surface area (Å²) in [6, 6.07) is 5.49. The van der Waals surface area contributed by atoms with Gasteiger partial charge in [0.15, 0.2) is 0 Å². The van der Waals surface area contributed by atoms with Crippen LogP contribution in [0.2, 0.25) is 0 Å². The summed E-state index contributed by atoms with van der Waals surface area (Å²) >= 11 is 0. The Kier molecular flexibility index (Phi) is 5.53. The molecule has 1 heterocycles. The van der Waals surface area contributed by atoms with Crippen LogP contribution in [0.5, 0.6) is 5.75 Å². The minimum absolute atomic E-state index is 0.0277. The Bertz CT molecular complexity index is 715. The summed E-state index contributed by atoms with van der Waals surface area (Å²) in [5, 5.41) is 12.5. The van der Waals surface area contributed by atoms with E-state index in [1.165, 1.54) is 11.0 Å². The molecule has 8 heteroatoms. The van der Waals surface area contributed by atoms with Crippen molar-refractivity contribution in [3.63, 3.8) is 0 Å². The van der Waals surface area contributed by atoms with Gasteiger partial charge in [-0.2, -0.15) is 8.78 Å². The number of benzene rings is 1. The number of carboxylic acid groups (broad SMARTS) is 1. The standard InChI is InChI=1S/C19H24F2N2O4/c1-2-14(13-7-3-4-8-15(13)27-17(20)21)22-18(26)23-10-12-6-5-9-19(12,11-23)16(24)25/h3-4,7-8,12,14,17H,2,5-6,9-11H2,1H3,(H,22,26)(H,24,25)/t12-,14?,19+/m0/s1. The van der Waals surface area contributed by atoms with Gasteiger partial charge in [-0.15, -0.1) is 0 Å². The van der Waals surface area contributed by atoms with E-state index in [-0.39, 0.29) is 24.2 Å². The van der Waals surface area contributed by atoms with E-state index in [0.717, 1.165) is 12.8 Å². The van der Waals surface area contributed by atoms with Gasteiger partial charge in [0.05, 0.1) is 11.5 Å². The van der Waals surface area contributed by atoms with Crippen LogP contribution >= 0.6 is 0 Å². The van der Waals surface area contributed by atoms with E-state index in [4.69, 9.17) is 0 Å². The van der Waals surface area contributed by atoms with Crippen molar-refractivity contribution in [1.82, 2.24) is 10.2 Å². The summed E-state index contributed by atoms with van der Waals surface area (Å²) in [7, 11) is 0. The number of urea groups is 1. The molecular weight excluding hydrogens is 358 g/mol. The molecule has 1 aromatic rings. The van der Waals surface area contributed by atoms with Gasteiger partial charge in [0.25, 0.3) is 0 Å². The molecule has 1 aromatic carbocycles. The van der Waals surface area contributed by atoms with Crippen LogP contribution in [-0.2, 0) is 4.79 Å². The zero-order valence-corrected chi connectivity index (χ0v) is 15.2. The molecule has 0 radical (unpaired) electrons. The third-order valence-corrected chi connectivity index (χ3v) is 5.80. The number of ether oxygens (including phenoxy) is 1. The molecule has 3 atom stereocenters. The molecule has 0 bridgehead atoms. The summed E-state index contributed by atoms with van der Waals surface area (Å²) in [6.07, 6.45) is 2.73. The molecule has 0 spiro atoms. The highest BCUT2D eigenvalue weighted by Crippen LogP contribution is 2.49. The Morgan fingerprint density at radius 1 is 1.41 bits per heavy atom. The lowest BCUT2D eigenvalue weighted by Gasteiger charge is -2.26. The highest BCUT2D eigenvalue weighted by molar-refractivity contribution is 5.80. The van der Waals surface area contributed by atoms with E-state index in [9.17, 15) is 23.5 Å². The molecule has 148 valence electrons. The third kappa shape index (κ3) is 3.70. The predicted octanol–water partition coefficient (Wildman–Crippen LogP) is 3.64. The summed E-state index contributed by atoms with van der Waals surface area (Å²) in [4.78, 5) is 26.1. The lowest BCUT2D eigenvalue weighted by atomic mass is 9.81. The quantitative estimate of drug-likeness (QED) is 0.787. The molecule has 1 aliphatic carbocycles. The second kappa shape index (κ2) is 7.70. The number of alkyl halides is 2. The first kappa shape index (κ1) is 19.4. The number of carboxylic acids is 1. The molecule has 2 fully saturated rings. The van der Waals surface area contributed by atoms with Crippen LogP contribution in [0.3, 0.4) is 0 Å². The van der Waals surface area contributed by atoms with Gasteiger partial charge in [-0.1, -0.05) is 31.5 Å². The average molecular weight is 382 g/mol. The van der Waals surface area contributed by atoms with Crippen molar-refractivity contribution in [2.24, 2.45) is 11.3 Å². The van der Waals surface area contributed by atoms with Crippen LogP contribution in [0, 0.1) is 11.3 Å². The fourth-order valence-corrected chi connectivity index (χ4v) is 4.41. The van der Waals surface area contributed by atoms with E-state index < -0.39 is 24.0 Å². The Morgan fingerprint density at radius 3 is 2.78 bits per heavy atom. The number of hydrogen-bond donors (Lipinski definition) is 2. The van der Waals surface area contributed by atoms with Gasteiger partial charge in [0.2, 0.25) is 0 Å². The minimum atomic E-state index is -2.95. The van der Waals surface area contributed by atoms with Gasteiger partial charge in [0, 0.05) is 18.7 Å². The fraction of sp³-hybridized carbons (Fsp3) is 0.579. The normalized spacial score (nSPS) is 25.3. The van der Waals surface area contributed by atoms with Gasteiger partial charge in [-0.25, -0.2) is 4.79 Å². The maximum absolute atomic E-state index is 12.8.